The van der Waals surface area contributed by atoms with Crippen LogP contribution in [0.2, 0.25) is 0 Å². The molecular formula is C14H18BrNO2. The van der Waals surface area contributed by atoms with Gasteiger partial charge in [0.2, 0.25) is 0 Å². The van der Waals surface area contributed by atoms with Crippen molar-refractivity contribution in [3.63, 3.8) is 0 Å². The van der Waals surface area contributed by atoms with E-state index in [0.717, 1.165) is 28.8 Å². The van der Waals surface area contributed by atoms with E-state index in [0.29, 0.717) is 6.04 Å². The summed E-state index contributed by atoms with van der Waals surface area (Å²) in [6, 6.07) is 6.27. The molecule has 2 unspecified atom stereocenters. The minimum absolute atomic E-state index is 0.0774. The number of likely N-dealkylation sites (N-methyl/N-ethyl adjacent to an activating group) is 1. The van der Waals surface area contributed by atoms with Crippen LogP contribution in [0.4, 0.5) is 5.69 Å². The molecule has 18 heavy (non-hydrogen) atoms. The number of hydrogen-bond acceptors (Lipinski definition) is 3. The Kier molecular flexibility index (Phi) is 4.07. The smallest absolute Gasteiger partial charge is 0.160 e. The van der Waals surface area contributed by atoms with E-state index in [1.165, 1.54) is 0 Å². The van der Waals surface area contributed by atoms with Gasteiger partial charge in [0.15, 0.2) is 5.78 Å². The molecule has 98 valence electrons. The van der Waals surface area contributed by atoms with E-state index in [2.05, 4.69) is 34.8 Å². The number of carbonyl (C=O) groups is 1. The quantitative estimate of drug-likeness (QED) is 0.802. The Balaban J connectivity index is 2.23. The highest BCUT2D eigenvalue weighted by molar-refractivity contribution is 9.10. The predicted molar refractivity (Wildman–Crippen MR) is 76.4 cm³/mol. The summed E-state index contributed by atoms with van der Waals surface area (Å²) in [5, 5.41) is 0. The zero-order valence-corrected chi connectivity index (χ0v) is 12.5. The summed E-state index contributed by atoms with van der Waals surface area (Å²) in [5.74, 6) is 0.0774. The molecule has 0 amide bonds. The van der Waals surface area contributed by atoms with Crippen molar-refractivity contribution in [2.24, 2.45) is 0 Å². The van der Waals surface area contributed by atoms with Crippen molar-refractivity contribution in [3.05, 3.63) is 28.2 Å². The maximum atomic E-state index is 11.4. The fourth-order valence-corrected chi connectivity index (χ4v) is 3.08. The van der Waals surface area contributed by atoms with E-state index in [4.69, 9.17) is 4.74 Å². The van der Waals surface area contributed by atoms with E-state index in [1.807, 2.05) is 18.2 Å². The highest BCUT2D eigenvalue weighted by Crippen LogP contribution is 2.28. The van der Waals surface area contributed by atoms with Crippen LogP contribution in [0.3, 0.4) is 0 Å². The van der Waals surface area contributed by atoms with E-state index >= 15 is 0 Å². The van der Waals surface area contributed by atoms with Crippen LogP contribution in [-0.4, -0.2) is 31.6 Å². The minimum Gasteiger partial charge on any atom is -0.376 e. The van der Waals surface area contributed by atoms with Gasteiger partial charge in [0.1, 0.15) is 0 Å². The maximum absolute atomic E-state index is 11.4. The number of halogens is 1. The van der Waals surface area contributed by atoms with Crippen molar-refractivity contribution in [1.82, 2.24) is 0 Å². The van der Waals surface area contributed by atoms with Crippen molar-refractivity contribution in [3.8, 4) is 0 Å². The molecule has 0 bridgehead atoms. The Morgan fingerprint density at radius 2 is 2.22 bits per heavy atom. The topological polar surface area (TPSA) is 29.5 Å². The molecule has 0 aromatic heterocycles. The normalized spacial score (nSPS) is 23.1. The van der Waals surface area contributed by atoms with Gasteiger partial charge in [0, 0.05) is 29.4 Å². The number of nitrogens with zero attached hydrogens (tertiary/aromatic N) is 1. The Labute approximate surface area is 116 Å². The van der Waals surface area contributed by atoms with Gasteiger partial charge in [-0.15, -0.1) is 0 Å². The van der Waals surface area contributed by atoms with Crippen LogP contribution in [0.15, 0.2) is 22.7 Å². The molecular weight excluding hydrogens is 294 g/mol. The summed E-state index contributed by atoms with van der Waals surface area (Å²) in [5.41, 5.74) is 1.83. The first-order valence-electron chi connectivity index (χ1n) is 6.15. The summed E-state index contributed by atoms with van der Waals surface area (Å²) in [6.45, 7) is 4.51. The fourth-order valence-electron chi connectivity index (χ4n) is 2.43. The molecule has 2 rings (SSSR count). The van der Waals surface area contributed by atoms with Gasteiger partial charge in [-0.1, -0.05) is 0 Å². The van der Waals surface area contributed by atoms with Gasteiger partial charge in [0.25, 0.3) is 0 Å². The Hall–Kier alpha value is -0.870. The van der Waals surface area contributed by atoms with Gasteiger partial charge >= 0.3 is 0 Å². The Morgan fingerprint density at radius 3 is 2.72 bits per heavy atom. The van der Waals surface area contributed by atoms with Crippen molar-refractivity contribution < 1.29 is 9.53 Å². The average molecular weight is 312 g/mol. The van der Waals surface area contributed by atoms with Gasteiger partial charge in [-0.3, -0.25) is 4.79 Å². The van der Waals surface area contributed by atoms with Crippen LogP contribution in [0, 0.1) is 0 Å². The highest BCUT2D eigenvalue weighted by atomic mass is 79.9. The number of anilines is 1. The zero-order valence-electron chi connectivity index (χ0n) is 10.9. The standard InChI is InChI=1S/C14H18BrNO2/c1-9(17)12-5-4-11(8-13(12)15)16(3)14-6-7-18-10(14)2/h4-5,8,10,14H,6-7H2,1-3H3. The predicted octanol–water partition coefficient (Wildman–Crippen LogP) is 3.27. The van der Waals surface area contributed by atoms with Gasteiger partial charge < -0.3 is 9.64 Å². The van der Waals surface area contributed by atoms with E-state index < -0.39 is 0 Å². The lowest BCUT2D eigenvalue weighted by molar-refractivity contribution is 0.101. The second kappa shape index (κ2) is 5.41. The number of rotatable bonds is 3. The highest BCUT2D eigenvalue weighted by Gasteiger charge is 2.28. The number of hydrogen-bond donors (Lipinski definition) is 0. The molecule has 0 aliphatic carbocycles. The van der Waals surface area contributed by atoms with Crippen LogP contribution >= 0.6 is 15.9 Å². The summed E-state index contributed by atoms with van der Waals surface area (Å²) >= 11 is 3.46. The van der Waals surface area contributed by atoms with Gasteiger partial charge in [-0.05, 0) is 54.4 Å². The molecule has 0 radical (unpaired) electrons. The molecule has 1 aromatic carbocycles. The van der Waals surface area contributed by atoms with Crippen molar-refractivity contribution in [1.29, 1.82) is 0 Å². The van der Waals surface area contributed by atoms with Gasteiger partial charge in [-0.25, -0.2) is 0 Å². The first kappa shape index (κ1) is 13.6. The second-order valence-electron chi connectivity index (χ2n) is 4.76. The van der Waals surface area contributed by atoms with Crippen molar-refractivity contribution in [2.45, 2.75) is 32.4 Å². The molecule has 3 nitrogen and oxygen atoms in total. The largest absolute Gasteiger partial charge is 0.376 e. The molecule has 1 saturated heterocycles. The Morgan fingerprint density at radius 1 is 1.50 bits per heavy atom. The molecule has 4 heteroatoms. The molecule has 1 aromatic rings. The van der Waals surface area contributed by atoms with Crippen LogP contribution in [0.5, 0.6) is 0 Å². The Bertz CT molecular complexity index is 461. The first-order valence-corrected chi connectivity index (χ1v) is 6.95. The molecule has 0 saturated carbocycles. The van der Waals surface area contributed by atoms with E-state index in [-0.39, 0.29) is 11.9 Å². The SMILES string of the molecule is CC(=O)c1ccc(N(C)C2CCOC2C)cc1Br. The lowest BCUT2D eigenvalue weighted by Crippen LogP contribution is -2.36. The number of ketones is 1. The lowest BCUT2D eigenvalue weighted by Gasteiger charge is -2.29. The molecule has 2 atom stereocenters. The zero-order chi connectivity index (χ0) is 13.3. The summed E-state index contributed by atoms with van der Waals surface area (Å²) in [4.78, 5) is 13.6. The summed E-state index contributed by atoms with van der Waals surface area (Å²) < 4.78 is 6.45. The third kappa shape index (κ3) is 2.59. The van der Waals surface area contributed by atoms with Gasteiger partial charge in [0.05, 0.1) is 12.1 Å². The third-order valence-corrected chi connectivity index (χ3v) is 4.23. The lowest BCUT2D eigenvalue weighted by atomic mass is 10.1. The van der Waals surface area contributed by atoms with Gasteiger partial charge in [-0.2, -0.15) is 0 Å². The molecule has 1 fully saturated rings. The summed E-state index contributed by atoms with van der Waals surface area (Å²) in [6.07, 6.45) is 1.30. The monoisotopic (exact) mass is 311 g/mol. The molecule has 1 heterocycles. The third-order valence-electron chi connectivity index (χ3n) is 3.57. The van der Waals surface area contributed by atoms with Crippen LogP contribution in [0.25, 0.3) is 0 Å². The molecule has 1 aliphatic heterocycles. The van der Waals surface area contributed by atoms with E-state index in [9.17, 15) is 4.79 Å². The molecule has 0 spiro atoms. The molecule has 1 aliphatic rings. The number of benzene rings is 1. The van der Waals surface area contributed by atoms with Crippen LogP contribution < -0.4 is 4.90 Å². The number of carbonyl (C=O) groups excluding carboxylic acids is 1. The minimum atomic E-state index is 0.0774. The number of Topliss-reactive ketones (excluding diaryl/α,β-unsaturated/α-hetero) is 1. The van der Waals surface area contributed by atoms with Crippen molar-refractivity contribution in [2.75, 3.05) is 18.6 Å². The molecule has 0 N–H and O–H groups in total. The van der Waals surface area contributed by atoms with E-state index in [1.54, 1.807) is 6.92 Å². The average Bonchev–Trinajstić information content (AvgIpc) is 2.74. The van der Waals surface area contributed by atoms with Crippen molar-refractivity contribution >= 4 is 27.4 Å². The summed E-state index contributed by atoms with van der Waals surface area (Å²) in [7, 11) is 2.07. The maximum Gasteiger partial charge on any atom is 0.160 e. The fraction of sp³-hybridized carbons (Fsp3) is 0.500. The first-order chi connectivity index (χ1) is 8.50. The second-order valence-corrected chi connectivity index (χ2v) is 5.62. The van der Waals surface area contributed by atoms with Crippen LogP contribution in [-0.2, 0) is 4.74 Å². The van der Waals surface area contributed by atoms with Crippen LogP contribution in [0.1, 0.15) is 30.6 Å². The number of ether oxygens (including phenoxy) is 1.